The van der Waals surface area contributed by atoms with E-state index in [2.05, 4.69) is 0 Å². The maximum atomic E-state index is 7.33. The van der Waals surface area contributed by atoms with Crippen LogP contribution in [-0.4, -0.2) is 12.4 Å². The van der Waals surface area contributed by atoms with Crippen molar-refractivity contribution in [3.05, 3.63) is 59.7 Å². The molecule has 0 saturated heterocycles. The predicted octanol–water partition coefficient (Wildman–Crippen LogP) is 2.95. The lowest BCUT2D eigenvalue weighted by atomic mass is 10.1. The topological polar surface area (TPSA) is 68.3 Å². The predicted molar refractivity (Wildman–Crippen MR) is 79.4 cm³/mol. The second kappa shape index (κ2) is 6.61. The first-order valence-electron chi connectivity index (χ1n) is 6.48. The van der Waals surface area contributed by atoms with Crippen LogP contribution in [0.5, 0.6) is 11.5 Å². The van der Waals surface area contributed by atoms with Crippen molar-refractivity contribution < 1.29 is 9.47 Å². The van der Waals surface area contributed by atoms with E-state index in [4.69, 9.17) is 20.6 Å². The average Bonchev–Trinajstić information content (AvgIpc) is 2.47. The van der Waals surface area contributed by atoms with Crippen molar-refractivity contribution in [2.24, 2.45) is 5.73 Å². The van der Waals surface area contributed by atoms with E-state index in [1.54, 1.807) is 0 Å². The summed E-state index contributed by atoms with van der Waals surface area (Å²) in [5, 5.41) is 7.33. The van der Waals surface area contributed by atoms with E-state index in [9.17, 15) is 0 Å². The third kappa shape index (κ3) is 3.75. The number of nitrogens with one attached hydrogen (secondary N) is 1. The molecule has 0 atom stereocenters. The number of nitrogen functional groups attached to an aromatic ring is 1. The number of hydrogen-bond donors (Lipinski definition) is 2. The Morgan fingerprint density at radius 1 is 0.950 bits per heavy atom. The van der Waals surface area contributed by atoms with Crippen molar-refractivity contribution in [3.8, 4) is 11.5 Å². The van der Waals surface area contributed by atoms with Gasteiger partial charge in [0.25, 0.3) is 0 Å². The molecular weight excluding hydrogens is 252 g/mol. The smallest absolute Gasteiger partial charge is 0.122 e. The van der Waals surface area contributed by atoms with Crippen molar-refractivity contribution in [2.45, 2.75) is 13.5 Å². The molecule has 0 aliphatic heterocycles. The van der Waals surface area contributed by atoms with Crippen molar-refractivity contribution in [1.29, 1.82) is 5.41 Å². The molecule has 0 amide bonds. The molecule has 0 saturated carbocycles. The van der Waals surface area contributed by atoms with Crippen LogP contribution in [0, 0.1) is 5.41 Å². The van der Waals surface area contributed by atoms with E-state index in [1.165, 1.54) is 0 Å². The second-order valence-corrected chi connectivity index (χ2v) is 4.30. The molecular formula is C16H18N2O2. The molecule has 0 unspecified atom stereocenters. The highest BCUT2D eigenvalue weighted by molar-refractivity contribution is 5.94. The van der Waals surface area contributed by atoms with Gasteiger partial charge in [0.05, 0.1) is 6.61 Å². The first-order chi connectivity index (χ1) is 9.69. The van der Waals surface area contributed by atoms with E-state index in [0.29, 0.717) is 13.2 Å². The second-order valence-electron chi connectivity index (χ2n) is 4.30. The number of amidine groups is 1. The number of rotatable bonds is 6. The van der Waals surface area contributed by atoms with Gasteiger partial charge < -0.3 is 15.2 Å². The number of hydrogen-bond acceptors (Lipinski definition) is 3. The molecule has 3 N–H and O–H groups in total. The van der Waals surface area contributed by atoms with Gasteiger partial charge in [0.15, 0.2) is 0 Å². The largest absolute Gasteiger partial charge is 0.494 e. The molecule has 0 aromatic heterocycles. The maximum absolute atomic E-state index is 7.33. The van der Waals surface area contributed by atoms with Gasteiger partial charge in [0.1, 0.15) is 23.9 Å². The molecule has 0 spiro atoms. The highest BCUT2D eigenvalue weighted by Gasteiger charge is 1.99. The minimum absolute atomic E-state index is 0.0731. The van der Waals surface area contributed by atoms with Crippen LogP contribution >= 0.6 is 0 Å². The van der Waals surface area contributed by atoms with Crippen LogP contribution in [0.3, 0.4) is 0 Å². The summed E-state index contributed by atoms with van der Waals surface area (Å²) >= 11 is 0. The van der Waals surface area contributed by atoms with Crippen LogP contribution < -0.4 is 15.2 Å². The van der Waals surface area contributed by atoms with Crippen LogP contribution in [0.4, 0.5) is 0 Å². The van der Waals surface area contributed by atoms with Crippen LogP contribution in [0.15, 0.2) is 48.5 Å². The van der Waals surface area contributed by atoms with Gasteiger partial charge in [-0.05, 0) is 36.8 Å². The van der Waals surface area contributed by atoms with E-state index in [0.717, 1.165) is 22.6 Å². The normalized spacial score (nSPS) is 10.1. The molecule has 4 nitrogen and oxygen atoms in total. The molecule has 20 heavy (non-hydrogen) atoms. The summed E-state index contributed by atoms with van der Waals surface area (Å²) in [7, 11) is 0. The lowest BCUT2D eigenvalue weighted by Crippen LogP contribution is -2.10. The quantitative estimate of drug-likeness (QED) is 0.626. The molecule has 0 fully saturated rings. The van der Waals surface area contributed by atoms with E-state index in [-0.39, 0.29) is 5.84 Å². The van der Waals surface area contributed by atoms with Gasteiger partial charge in [-0.15, -0.1) is 0 Å². The van der Waals surface area contributed by atoms with Crippen molar-refractivity contribution in [2.75, 3.05) is 6.61 Å². The fourth-order valence-electron chi connectivity index (χ4n) is 1.75. The average molecular weight is 270 g/mol. The Morgan fingerprint density at radius 3 is 2.00 bits per heavy atom. The van der Waals surface area contributed by atoms with Crippen molar-refractivity contribution >= 4 is 5.84 Å². The first-order valence-corrected chi connectivity index (χ1v) is 6.48. The molecule has 0 heterocycles. The third-order valence-corrected chi connectivity index (χ3v) is 2.81. The summed E-state index contributed by atoms with van der Waals surface area (Å²) in [6, 6.07) is 15.0. The maximum Gasteiger partial charge on any atom is 0.122 e. The highest BCUT2D eigenvalue weighted by atomic mass is 16.5. The van der Waals surface area contributed by atoms with Crippen LogP contribution in [-0.2, 0) is 6.61 Å². The fourth-order valence-corrected chi connectivity index (χ4v) is 1.75. The minimum Gasteiger partial charge on any atom is -0.494 e. The standard InChI is InChI=1S/C16H18N2O2/c1-2-19-14-7-9-15(10-8-14)20-11-12-3-5-13(6-4-12)16(17)18/h3-10H,2,11H2,1H3,(H3,17,18). The summed E-state index contributed by atoms with van der Waals surface area (Å²) in [4.78, 5) is 0. The zero-order valence-corrected chi connectivity index (χ0v) is 11.4. The monoisotopic (exact) mass is 270 g/mol. The lowest BCUT2D eigenvalue weighted by molar-refractivity contribution is 0.304. The summed E-state index contributed by atoms with van der Waals surface area (Å²) in [5.74, 6) is 1.71. The van der Waals surface area contributed by atoms with Gasteiger partial charge in [0, 0.05) is 5.56 Å². The molecule has 4 heteroatoms. The Bertz CT molecular complexity index is 562. The minimum atomic E-state index is 0.0731. The Hall–Kier alpha value is -2.49. The highest BCUT2D eigenvalue weighted by Crippen LogP contribution is 2.18. The summed E-state index contributed by atoms with van der Waals surface area (Å²) in [6.45, 7) is 3.09. The van der Waals surface area contributed by atoms with Gasteiger partial charge in [-0.25, -0.2) is 0 Å². The Balaban J connectivity index is 1.92. The first kappa shape index (κ1) is 13.9. The molecule has 0 aliphatic carbocycles. The lowest BCUT2D eigenvalue weighted by Gasteiger charge is -2.08. The van der Waals surface area contributed by atoms with E-state index < -0.39 is 0 Å². The van der Waals surface area contributed by atoms with Gasteiger partial charge in [-0.2, -0.15) is 0 Å². The molecule has 2 rings (SSSR count). The SMILES string of the molecule is CCOc1ccc(OCc2ccc(C(=N)N)cc2)cc1. The molecule has 2 aromatic carbocycles. The van der Waals surface area contributed by atoms with Gasteiger partial charge in [0.2, 0.25) is 0 Å². The van der Waals surface area contributed by atoms with Crippen molar-refractivity contribution in [1.82, 2.24) is 0 Å². The van der Waals surface area contributed by atoms with E-state index in [1.807, 2.05) is 55.5 Å². The van der Waals surface area contributed by atoms with Crippen LogP contribution in [0.1, 0.15) is 18.1 Å². The molecule has 2 aromatic rings. The summed E-state index contributed by atoms with van der Waals surface area (Å²) < 4.78 is 11.1. The molecule has 0 aliphatic rings. The van der Waals surface area contributed by atoms with Gasteiger partial charge >= 0.3 is 0 Å². The third-order valence-electron chi connectivity index (χ3n) is 2.81. The molecule has 0 radical (unpaired) electrons. The number of ether oxygens (including phenoxy) is 2. The van der Waals surface area contributed by atoms with Gasteiger partial charge in [-0.3, -0.25) is 5.41 Å². The summed E-state index contributed by atoms with van der Waals surface area (Å²) in [5.41, 5.74) is 7.16. The molecule has 0 bridgehead atoms. The van der Waals surface area contributed by atoms with Crippen LogP contribution in [0.2, 0.25) is 0 Å². The zero-order valence-electron chi connectivity index (χ0n) is 11.4. The number of benzene rings is 2. The Morgan fingerprint density at radius 2 is 1.50 bits per heavy atom. The van der Waals surface area contributed by atoms with Gasteiger partial charge in [-0.1, -0.05) is 24.3 Å². The Kier molecular flexibility index (Phi) is 4.60. The zero-order chi connectivity index (χ0) is 14.4. The van der Waals surface area contributed by atoms with Crippen molar-refractivity contribution in [3.63, 3.8) is 0 Å². The number of nitrogens with two attached hydrogens (primary N) is 1. The van der Waals surface area contributed by atoms with Crippen LogP contribution in [0.25, 0.3) is 0 Å². The Labute approximate surface area is 118 Å². The summed E-state index contributed by atoms with van der Waals surface area (Å²) in [6.07, 6.45) is 0. The fraction of sp³-hybridized carbons (Fsp3) is 0.188. The molecule has 104 valence electrons. The van der Waals surface area contributed by atoms with E-state index >= 15 is 0 Å².